The number of ketones is 2. The average molecular weight is 412 g/mol. The van der Waals surface area contributed by atoms with Crippen LogP contribution in [0.3, 0.4) is 0 Å². The second kappa shape index (κ2) is 8.42. The van der Waals surface area contributed by atoms with E-state index in [1.165, 1.54) is 6.92 Å². The van der Waals surface area contributed by atoms with E-state index in [0.29, 0.717) is 22.6 Å². The molecule has 5 rings (SSSR count). The number of ether oxygens (including phenoxy) is 2. The van der Waals surface area contributed by atoms with Crippen LogP contribution in [0.15, 0.2) is 97.1 Å². The SMILES string of the molecule is CC(O)(Oc1ccccc1)Oc1ccccc1.O=C1C(=O)c2cccc3cccc1c23. The molecule has 5 nitrogen and oxygen atoms in total. The second-order valence-electron chi connectivity index (χ2n) is 7.10. The first kappa shape index (κ1) is 20.3. The summed E-state index contributed by atoms with van der Waals surface area (Å²) in [6.07, 6.45) is 0. The number of hydrogen-bond acceptors (Lipinski definition) is 5. The van der Waals surface area contributed by atoms with E-state index in [9.17, 15) is 14.7 Å². The van der Waals surface area contributed by atoms with Gasteiger partial charge in [0.1, 0.15) is 11.5 Å². The van der Waals surface area contributed by atoms with E-state index in [1.54, 1.807) is 48.5 Å². The van der Waals surface area contributed by atoms with Crippen LogP contribution < -0.4 is 9.47 Å². The Hall–Kier alpha value is -3.96. The summed E-state index contributed by atoms with van der Waals surface area (Å²) >= 11 is 0. The van der Waals surface area contributed by atoms with Crippen molar-refractivity contribution in [3.05, 3.63) is 108 Å². The number of rotatable bonds is 4. The van der Waals surface area contributed by atoms with Gasteiger partial charge in [-0.15, -0.1) is 0 Å². The molecular formula is C26H20O5. The van der Waals surface area contributed by atoms with Gasteiger partial charge in [0.05, 0.1) is 0 Å². The van der Waals surface area contributed by atoms with Crippen molar-refractivity contribution in [1.29, 1.82) is 0 Å². The van der Waals surface area contributed by atoms with Gasteiger partial charge < -0.3 is 14.6 Å². The minimum atomic E-state index is -1.69. The summed E-state index contributed by atoms with van der Waals surface area (Å²) in [6, 6.07) is 28.9. The van der Waals surface area contributed by atoms with Gasteiger partial charge in [-0.05, 0) is 29.7 Å². The van der Waals surface area contributed by atoms with Crippen molar-refractivity contribution in [2.45, 2.75) is 12.9 Å². The van der Waals surface area contributed by atoms with Crippen molar-refractivity contribution in [2.24, 2.45) is 0 Å². The fraction of sp³-hybridized carbons (Fsp3) is 0.0769. The van der Waals surface area contributed by atoms with Crippen LogP contribution >= 0.6 is 0 Å². The molecule has 0 saturated heterocycles. The highest BCUT2D eigenvalue weighted by molar-refractivity contribution is 6.57. The van der Waals surface area contributed by atoms with Crippen LogP contribution in [0.25, 0.3) is 10.8 Å². The monoisotopic (exact) mass is 412 g/mol. The van der Waals surface area contributed by atoms with Crippen LogP contribution in [0, 0.1) is 0 Å². The van der Waals surface area contributed by atoms with Crippen LogP contribution in [-0.2, 0) is 0 Å². The van der Waals surface area contributed by atoms with Gasteiger partial charge in [0, 0.05) is 23.4 Å². The van der Waals surface area contributed by atoms with Crippen molar-refractivity contribution < 1.29 is 24.2 Å². The third-order valence-electron chi connectivity index (χ3n) is 4.70. The molecule has 1 aliphatic carbocycles. The maximum absolute atomic E-state index is 11.5. The molecule has 0 heterocycles. The van der Waals surface area contributed by atoms with Crippen LogP contribution in [-0.4, -0.2) is 22.6 Å². The van der Waals surface area contributed by atoms with E-state index < -0.39 is 5.97 Å². The van der Waals surface area contributed by atoms with Crippen molar-refractivity contribution in [1.82, 2.24) is 0 Å². The predicted molar refractivity (Wildman–Crippen MR) is 117 cm³/mol. The standard InChI is InChI=1S/C14H14O3.C12H6O2/c1-14(15,16-12-8-4-2-5-9-12)17-13-10-6-3-7-11-13;13-11-8-5-1-3-7-4-2-6-9(10(7)8)12(11)14/h2-11,15H,1H3;1-6H. The Kier molecular flexibility index (Phi) is 5.52. The number of para-hydroxylation sites is 2. The van der Waals surface area contributed by atoms with Crippen molar-refractivity contribution in [3.63, 3.8) is 0 Å². The third-order valence-corrected chi connectivity index (χ3v) is 4.70. The van der Waals surface area contributed by atoms with E-state index in [-0.39, 0.29) is 11.6 Å². The second-order valence-corrected chi connectivity index (χ2v) is 7.10. The number of Topliss-reactive ketones (excluding diaryl/α,β-unsaturated/α-hetero) is 2. The van der Waals surface area contributed by atoms with E-state index in [2.05, 4.69) is 0 Å². The topological polar surface area (TPSA) is 72.8 Å². The number of carbonyl (C=O) groups is 2. The molecule has 0 bridgehead atoms. The summed E-state index contributed by atoms with van der Waals surface area (Å²) in [5.41, 5.74) is 1.09. The molecule has 0 fully saturated rings. The Bertz CT molecular complexity index is 1140. The smallest absolute Gasteiger partial charge is 0.366 e. The first-order valence-electron chi connectivity index (χ1n) is 9.76. The quantitative estimate of drug-likeness (QED) is 0.376. The van der Waals surface area contributed by atoms with Gasteiger partial charge in [0.2, 0.25) is 11.6 Å². The van der Waals surface area contributed by atoms with Crippen molar-refractivity contribution in [2.75, 3.05) is 0 Å². The molecule has 0 atom stereocenters. The lowest BCUT2D eigenvalue weighted by Crippen LogP contribution is -2.38. The van der Waals surface area contributed by atoms with Gasteiger partial charge in [-0.2, -0.15) is 0 Å². The lowest BCUT2D eigenvalue weighted by molar-refractivity contribution is -0.258. The van der Waals surface area contributed by atoms with Gasteiger partial charge >= 0.3 is 5.97 Å². The van der Waals surface area contributed by atoms with Gasteiger partial charge in [0.25, 0.3) is 0 Å². The Balaban J connectivity index is 0.000000151. The largest absolute Gasteiger partial charge is 0.430 e. The molecule has 0 saturated carbocycles. The normalized spacial score (nSPS) is 12.3. The zero-order valence-corrected chi connectivity index (χ0v) is 16.8. The minimum Gasteiger partial charge on any atom is -0.430 e. The minimum absolute atomic E-state index is 0.378. The van der Waals surface area contributed by atoms with Gasteiger partial charge in [0.15, 0.2) is 0 Å². The highest BCUT2D eigenvalue weighted by Gasteiger charge is 2.29. The molecule has 0 spiro atoms. The maximum Gasteiger partial charge on any atom is 0.366 e. The molecule has 1 aliphatic rings. The summed E-state index contributed by atoms with van der Waals surface area (Å²) in [5.74, 6) is -1.35. The lowest BCUT2D eigenvalue weighted by atomic mass is 10.1. The van der Waals surface area contributed by atoms with Crippen LogP contribution in [0.1, 0.15) is 27.6 Å². The lowest BCUT2D eigenvalue weighted by Gasteiger charge is -2.25. The number of aliphatic hydroxyl groups is 1. The molecule has 5 heteroatoms. The van der Waals surface area contributed by atoms with Gasteiger partial charge in [-0.3, -0.25) is 9.59 Å². The molecule has 31 heavy (non-hydrogen) atoms. The summed E-state index contributed by atoms with van der Waals surface area (Å²) in [4.78, 5) is 23.1. The van der Waals surface area contributed by atoms with Crippen LogP contribution in [0.4, 0.5) is 0 Å². The van der Waals surface area contributed by atoms with Gasteiger partial charge in [-0.25, -0.2) is 0 Å². The zero-order chi connectivity index (χ0) is 21.8. The molecule has 4 aromatic carbocycles. The number of benzene rings is 4. The molecule has 4 aromatic rings. The Morgan fingerprint density at radius 2 is 1.03 bits per heavy atom. The highest BCUT2D eigenvalue weighted by atomic mass is 16.8. The first-order valence-corrected chi connectivity index (χ1v) is 9.76. The summed E-state index contributed by atoms with van der Waals surface area (Å²) in [6.45, 7) is 1.45. The fourth-order valence-electron chi connectivity index (χ4n) is 3.40. The Morgan fingerprint density at radius 1 is 0.613 bits per heavy atom. The molecular weight excluding hydrogens is 392 g/mol. The number of hydrogen-bond donors (Lipinski definition) is 1. The van der Waals surface area contributed by atoms with Crippen LogP contribution in [0.2, 0.25) is 0 Å². The highest BCUT2D eigenvalue weighted by Crippen LogP contribution is 2.30. The maximum atomic E-state index is 11.5. The number of carbonyl (C=O) groups excluding carboxylic acids is 2. The third kappa shape index (κ3) is 4.47. The van der Waals surface area contributed by atoms with E-state index >= 15 is 0 Å². The molecule has 0 unspecified atom stereocenters. The molecule has 154 valence electrons. The summed E-state index contributed by atoms with van der Waals surface area (Å²) in [5, 5.41) is 11.7. The summed E-state index contributed by atoms with van der Waals surface area (Å²) < 4.78 is 10.7. The molecule has 0 amide bonds. The van der Waals surface area contributed by atoms with E-state index in [1.807, 2.05) is 48.5 Å². The molecule has 0 radical (unpaired) electrons. The van der Waals surface area contributed by atoms with Crippen molar-refractivity contribution >= 4 is 22.3 Å². The zero-order valence-electron chi connectivity index (χ0n) is 16.8. The Labute approximate surface area is 179 Å². The first-order chi connectivity index (χ1) is 14.9. The Morgan fingerprint density at radius 3 is 1.45 bits per heavy atom. The predicted octanol–water partition coefficient (Wildman–Crippen LogP) is 5.03. The van der Waals surface area contributed by atoms with Gasteiger partial charge in [-0.1, -0.05) is 72.8 Å². The fourth-order valence-corrected chi connectivity index (χ4v) is 3.40. The van der Waals surface area contributed by atoms with E-state index in [0.717, 1.165) is 10.8 Å². The van der Waals surface area contributed by atoms with E-state index in [4.69, 9.17) is 9.47 Å². The molecule has 0 aromatic heterocycles. The van der Waals surface area contributed by atoms with Crippen molar-refractivity contribution in [3.8, 4) is 11.5 Å². The summed E-state index contributed by atoms with van der Waals surface area (Å²) in [7, 11) is 0. The van der Waals surface area contributed by atoms with Crippen LogP contribution in [0.5, 0.6) is 11.5 Å². The molecule has 0 aliphatic heterocycles. The molecule has 1 N–H and O–H groups in total. The average Bonchev–Trinajstić information content (AvgIpc) is 3.02.